The van der Waals surface area contributed by atoms with Crippen molar-refractivity contribution in [2.45, 2.75) is 157 Å². The molecule has 7 aromatic heterocycles. The number of imidazole rings is 2. The SMILES string of the molecule is CC(C)(C)c1ccc2c(c1)c1cc(C(C)(C)C)ccc1n2-c1ccc(-n2c(-c3[c-]c(-c4nc5ccccc5n4-c4ccc(-n5c6ccc(C(C)(C)C)cc6c6cc(C(C)(C)C)ccc65)cc4)ccc3)nc3ccccc32)cc1.[C-]#Cc1ccc(-n2c3ccc(-c4ccc(-c5nnc(-c6ccc(C(C)(C)C)cc6)o5)cc4)cc3c3cc(-c4ccc(-c5nnc(-c6ccc(C(C)(C)C)cc6)o5)cc4)ccc32)cc1.[Pt+2]. The Bertz CT molecular complexity index is 8230. The molecule has 0 spiro atoms. The summed E-state index contributed by atoms with van der Waals surface area (Å²) in [6, 6.07) is 127. The average Bonchev–Trinajstić information content (AvgIpc) is 1.56. The predicted octanol–water partition coefficient (Wildman–Crippen LogP) is 33.0. The van der Waals surface area contributed by atoms with Gasteiger partial charge in [-0.05, 0) is 282 Å². The van der Waals surface area contributed by atoms with Crippen molar-refractivity contribution in [3.8, 4) is 125 Å². The van der Waals surface area contributed by atoms with E-state index in [0.717, 1.165) is 145 Å². The van der Waals surface area contributed by atoms with Crippen LogP contribution in [0.15, 0.2) is 355 Å². The summed E-state index contributed by atoms with van der Waals surface area (Å²) in [5.41, 5.74) is 34.5. The van der Waals surface area contributed by atoms with E-state index in [0.29, 0.717) is 23.6 Å². The van der Waals surface area contributed by atoms with Crippen molar-refractivity contribution in [2.24, 2.45) is 0 Å². The molecule has 23 aromatic rings. The summed E-state index contributed by atoms with van der Waals surface area (Å²) in [5.74, 6) is 6.07. The number of benzene rings is 16. The molecule has 0 amide bonds. The number of nitrogens with zero attached hydrogens (tertiary/aromatic N) is 11. The number of para-hydroxylation sites is 4. The first kappa shape index (κ1) is 92.7. The molecule has 700 valence electrons. The zero-order chi connectivity index (χ0) is 97.7. The van der Waals surface area contributed by atoms with Crippen LogP contribution < -0.4 is 0 Å². The molecule has 7 heterocycles. The molecule has 0 saturated carbocycles. The van der Waals surface area contributed by atoms with Gasteiger partial charge in [0.1, 0.15) is 0 Å². The maximum Gasteiger partial charge on any atom is 2.00 e. The third kappa shape index (κ3) is 17.1. The Morgan fingerprint density at radius 2 is 0.472 bits per heavy atom. The van der Waals surface area contributed by atoms with Crippen molar-refractivity contribution >= 4 is 87.5 Å². The van der Waals surface area contributed by atoms with E-state index in [-0.39, 0.29) is 53.6 Å². The van der Waals surface area contributed by atoms with Crippen LogP contribution in [-0.4, -0.2) is 53.2 Å². The number of rotatable bonds is 13. The fraction of sp³-hybridized carbons (Fsp3) is 0.188. The standard InChI is InChI=1S/C72H67N6.C56H44N5O2.Pt/c1-69(2,3)47-24-36-61-55(41-47)56-42-48(70(4,5)6)25-37-62(56)75(61)51-28-32-53(33-29-51)77-65-22-15-13-20-59(65)73-67(77)45-18-17-19-46(40-45)68-74-60-21-14-16-23-66(60)78(68)54-34-30-52(31-35-54)76-63-38-26-49(71(7,8)9)43-57(63)58-44-50(72(10,11)12)27-39-64(58)76;1-8-35-9-29-46(30-10-35)61-49-31-23-42(36-11-15-38(16-12-36)51-57-59-53(62-51)40-19-25-44(26-20-40)55(2,3)4)33-47(49)48-34-43(24-32-50(48)61)37-13-17-39(18-14-37)52-58-60-54(63-52)41-21-27-45(28-22-41)56(5,6)7;/h13-39,41-44H,1-12H3;9-34H,2-7H3;/q2*-1;+2. The van der Waals surface area contributed by atoms with Crippen molar-refractivity contribution in [2.75, 3.05) is 0 Å². The van der Waals surface area contributed by atoms with Crippen LogP contribution in [0.1, 0.15) is 164 Å². The summed E-state index contributed by atoms with van der Waals surface area (Å²) in [7, 11) is 0. The average molecular weight is 2030 g/mol. The fourth-order valence-electron chi connectivity index (χ4n) is 19.7. The Labute approximate surface area is 844 Å². The van der Waals surface area contributed by atoms with Crippen molar-refractivity contribution in [1.29, 1.82) is 0 Å². The van der Waals surface area contributed by atoms with Gasteiger partial charge in [-0.25, -0.2) is 0 Å². The third-order valence-electron chi connectivity index (χ3n) is 27.9. The van der Waals surface area contributed by atoms with Gasteiger partial charge in [-0.1, -0.05) is 257 Å². The van der Waals surface area contributed by atoms with Crippen LogP contribution in [-0.2, 0) is 53.6 Å². The minimum absolute atomic E-state index is 0. The number of aromatic nitrogens is 11. The first-order valence-corrected chi connectivity index (χ1v) is 48.7. The van der Waals surface area contributed by atoms with E-state index in [1.807, 2.05) is 72.8 Å². The summed E-state index contributed by atoms with van der Waals surface area (Å²) < 4.78 is 24.0. The normalized spacial score (nSPS) is 12.4. The van der Waals surface area contributed by atoms with Crippen LogP contribution in [0.4, 0.5) is 0 Å². The molecule has 16 aromatic carbocycles. The molecule has 13 nitrogen and oxygen atoms in total. The van der Waals surface area contributed by atoms with E-state index < -0.39 is 0 Å². The Morgan fingerprint density at radius 3 is 0.761 bits per heavy atom. The Balaban J connectivity index is 0.000000171. The van der Waals surface area contributed by atoms with Crippen LogP contribution in [0.25, 0.3) is 207 Å². The molecule has 0 aliphatic rings. The summed E-state index contributed by atoms with van der Waals surface area (Å²) in [4.78, 5) is 10.7. The molecule has 0 N–H and O–H groups in total. The number of hydrogen-bond donors (Lipinski definition) is 0. The molecule has 0 saturated heterocycles. The molecule has 14 heteroatoms. The molecular formula is C128H111N11O2Pt. The van der Waals surface area contributed by atoms with Crippen molar-refractivity contribution < 1.29 is 29.9 Å². The van der Waals surface area contributed by atoms with E-state index in [2.05, 4.69) is 453 Å². The molecule has 23 rings (SSSR count). The van der Waals surface area contributed by atoms with Crippen LogP contribution >= 0.6 is 0 Å². The second-order valence-electron chi connectivity index (χ2n) is 43.7. The first-order chi connectivity index (χ1) is 67.6. The summed E-state index contributed by atoms with van der Waals surface area (Å²) in [6.45, 7) is 40.7. The minimum atomic E-state index is 0. The van der Waals surface area contributed by atoms with Gasteiger partial charge in [0.2, 0.25) is 23.6 Å². The van der Waals surface area contributed by atoms with Gasteiger partial charge in [0.05, 0.1) is 66.8 Å². The summed E-state index contributed by atoms with van der Waals surface area (Å²) in [5, 5.41) is 24.9. The minimum Gasteiger partial charge on any atom is -0.416 e. The monoisotopic (exact) mass is 2030 g/mol. The summed E-state index contributed by atoms with van der Waals surface area (Å²) in [6.07, 6.45) is 7.63. The maximum absolute atomic E-state index is 7.63. The third-order valence-corrected chi connectivity index (χ3v) is 27.9. The Morgan fingerprint density at radius 1 is 0.232 bits per heavy atom. The van der Waals surface area contributed by atoms with Gasteiger partial charge < -0.3 is 38.1 Å². The van der Waals surface area contributed by atoms with E-state index in [1.54, 1.807) is 0 Å². The summed E-state index contributed by atoms with van der Waals surface area (Å²) >= 11 is 0. The molecule has 0 aliphatic heterocycles. The molecule has 0 aliphatic carbocycles. The van der Waals surface area contributed by atoms with Gasteiger partial charge in [0.15, 0.2) is 0 Å². The molecule has 142 heavy (non-hydrogen) atoms. The first-order valence-electron chi connectivity index (χ1n) is 48.7. The largest absolute Gasteiger partial charge is 2.00 e. The fourth-order valence-corrected chi connectivity index (χ4v) is 19.7. The van der Waals surface area contributed by atoms with Crippen molar-refractivity contribution in [3.63, 3.8) is 0 Å². The van der Waals surface area contributed by atoms with E-state index in [4.69, 9.17) is 25.2 Å². The van der Waals surface area contributed by atoms with Gasteiger partial charge in [-0.2, -0.15) is 0 Å². The van der Waals surface area contributed by atoms with Crippen LogP contribution in [0, 0.1) is 18.4 Å². The number of hydrogen-bond acceptors (Lipinski definition) is 8. The zero-order valence-corrected chi connectivity index (χ0v) is 85.7. The van der Waals surface area contributed by atoms with E-state index in [9.17, 15) is 0 Å². The molecule has 0 bridgehead atoms. The van der Waals surface area contributed by atoms with Gasteiger partial charge in [0.25, 0.3) is 0 Å². The zero-order valence-electron chi connectivity index (χ0n) is 83.5. The van der Waals surface area contributed by atoms with Gasteiger partial charge >= 0.3 is 21.1 Å². The second kappa shape index (κ2) is 35.3. The molecule has 0 radical (unpaired) electrons. The predicted molar refractivity (Wildman–Crippen MR) is 582 cm³/mol. The van der Waals surface area contributed by atoms with Gasteiger partial charge in [0, 0.05) is 83.0 Å². The van der Waals surface area contributed by atoms with Crippen LogP contribution in [0.2, 0.25) is 0 Å². The van der Waals surface area contributed by atoms with Crippen LogP contribution in [0.3, 0.4) is 0 Å². The van der Waals surface area contributed by atoms with Crippen molar-refractivity contribution in [1.82, 2.24) is 53.2 Å². The maximum atomic E-state index is 7.63. The van der Waals surface area contributed by atoms with Crippen LogP contribution in [0.5, 0.6) is 0 Å². The van der Waals surface area contributed by atoms with Crippen molar-refractivity contribution in [3.05, 3.63) is 397 Å². The quantitative estimate of drug-likeness (QED) is 0.0825. The second-order valence-corrected chi connectivity index (χ2v) is 43.7. The van der Waals surface area contributed by atoms with Gasteiger partial charge in [-0.15, -0.1) is 62.4 Å². The molecule has 0 unspecified atom stereocenters. The molecule has 0 fully saturated rings. The van der Waals surface area contributed by atoms with E-state index in [1.165, 1.54) is 77.0 Å². The van der Waals surface area contributed by atoms with Gasteiger partial charge in [-0.3, -0.25) is 15.9 Å². The molecular weight excluding hydrogens is 1920 g/mol. The Hall–Kier alpha value is -15.6. The smallest absolute Gasteiger partial charge is 0.416 e. The van der Waals surface area contributed by atoms with E-state index >= 15 is 0 Å². The number of fused-ring (bicyclic) bond motifs is 11. The molecule has 0 atom stereocenters. The topological polar surface area (TPSA) is 128 Å². The Kier molecular flexibility index (Phi) is 23.1.